The first-order valence-corrected chi connectivity index (χ1v) is 6.56. The summed E-state index contributed by atoms with van der Waals surface area (Å²) in [6, 6.07) is 3.73. The van der Waals surface area contributed by atoms with Crippen molar-refractivity contribution >= 4 is 5.69 Å². The normalized spacial score (nSPS) is 17.4. The van der Waals surface area contributed by atoms with E-state index in [2.05, 4.69) is 0 Å². The van der Waals surface area contributed by atoms with E-state index in [0.29, 0.717) is 12.5 Å². The van der Waals surface area contributed by atoms with Crippen molar-refractivity contribution in [2.45, 2.75) is 38.3 Å². The fraction of sp³-hybridized carbons (Fsp3) is 0.571. The number of hydrogen-bond donors (Lipinski definition) is 1. The Kier molecular flexibility index (Phi) is 4.22. The van der Waals surface area contributed by atoms with E-state index >= 15 is 0 Å². The molecule has 2 rings (SSSR count). The highest BCUT2D eigenvalue weighted by Crippen LogP contribution is 2.36. The second-order valence-corrected chi connectivity index (χ2v) is 5.06. The van der Waals surface area contributed by atoms with Crippen LogP contribution < -0.4 is 10.5 Å². The first-order valence-electron chi connectivity index (χ1n) is 6.56. The van der Waals surface area contributed by atoms with Gasteiger partial charge in [-0.15, -0.1) is 0 Å². The Morgan fingerprint density at radius 2 is 1.84 bits per heavy atom. The third-order valence-corrected chi connectivity index (χ3v) is 3.54. The number of anilines is 1. The molecule has 1 aliphatic carbocycles. The molecule has 1 aromatic rings. The van der Waals surface area contributed by atoms with Crippen molar-refractivity contribution in [2.75, 3.05) is 12.3 Å². The van der Waals surface area contributed by atoms with Crippen molar-refractivity contribution in [2.24, 2.45) is 5.92 Å². The SMILES string of the molecule is Nc1ccc(OCC2CCCCC2)cc1C(F)(F)F. The van der Waals surface area contributed by atoms with Gasteiger partial charge in [0.1, 0.15) is 5.75 Å². The third kappa shape index (κ3) is 3.78. The fourth-order valence-electron chi connectivity index (χ4n) is 2.44. The molecule has 0 radical (unpaired) electrons. The minimum atomic E-state index is -4.44. The van der Waals surface area contributed by atoms with Gasteiger partial charge in [0.05, 0.1) is 12.2 Å². The molecule has 5 heteroatoms. The molecular weight excluding hydrogens is 255 g/mol. The lowest BCUT2D eigenvalue weighted by atomic mass is 9.90. The number of alkyl halides is 3. The lowest BCUT2D eigenvalue weighted by Crippen LogP contribution is -2.16. The van der Waals surface area contributed by atoms with Crippen molar-refractivity contribution in [3.8, 4) is 5.75 Å². The first-order chi connectivity index (χ1) is 8.97. The van der Waals surface area contributed by atoms with E-state index in [9.17, 15) is 13.2 Å². The average molecular weight is 273 g/mol. The number of ether oxygens (including phenoxy) is 1. The molecular formula is C14H18F3NO. The standard InChI is InChI=1S/C14H18F3NO/c15-14(16,17)12-8-11(6-7-13(12)18)19-9-10-4-2-1-3-5-10/h6-8,10H,1-5,9,18H2. The van der Waals surface area contributed by atoms with E-state index in [0.717, 1.165) is 18.9 Å². The van der Waals surface area contributed by atoms with Gasteiger partial charge in [-0.1, -0.05) is 19.3 Å². The maximum atomic E-state index is 12.7. The summed E-state index contributed by atoms with van der Waals surface area (Å²) in [4.78, 5) is 0. The Bertz CT molecular complexity index is 425. The summed E-state index contributed by atoms with van der Waals surface area (Å²) >= 11 is 0. The summed E-state index contributed by atoms with van der Waals surface area (Å²) in [5, 5.41) is 0. The molecule has 0 aliphatic heterocycles. The second kappa shape index (κ2) is 5.72. The topological polar surface area (TPSA) is 35.2 Å². The highest BCUT2D eigenvalue weighted by Gasteiger charge is 2.33. The molecule has 0 unspecified atom stereocenters. The second-order valence-electron chi connectivity index (χ2n) is 5.06. The van der Waals surface area contributed by atoms with Crippen molar-refractivity contribution < 1.29 is 17.9 Å². The molecule has 0 amide bonds. The lowest BCUT2D eigenvalue weighted by Gasteiger charge is -2.22. The molecule has 2 nitrogen and oxygen atoms in total. The predicted octanol–water partition coefficient (Wildman–Crippen LogP) is 4.25. The number of rotatable bonds is 3. The number of nitrogen functional groups attached to an aromatic ring is 1. The average Bonchev–Trinajstić information content (AvgIpc) is 2.37. The highest BCUT2D eigenvalue weighted by molar-refractivity contribution is 5.51. The van der Waals surface area contributed by atoms with Crippen LogP contribution in [0.4, 0.5) is 18.9 Å². The van der Waals surface area contributed by atoms with E-state index in [4.69, 9.17) is 10.5 Å². The van der Waals surface area contributed by atoms with E-state index in [-0.39, 0.29) is 11.4 Å². The molecule has 1 saturated carbocycles. The minimum Gasteiger partial charge on any atom is -0.493 e. The van der Waals surface area contributed by atoms with Gasteiger partial charge in [-0.05, 0) is 37.0 Å². The Morgan fingerprint density at radius 1 is 1.16 bits per heavy atom. The zero-order valence-electron chi connectivity index (χ0n) is 10.7. The Labute approximate surface area is 110 Å². The van der Waals surface area contributed by atoms with Crippen LogP contribution in [0, 0.1) is 5.92 Å². The predicted molar refractivity (Wildman–Crippen MR) is 67.9 cm³/mol. The van der Waals surface area contributed by atoms with E-state index in [1.807, 2.05) is 0 Å². The molecule has 0 spiro atoms. The van der Waals surface area contributed by atoms with E-state index in [1.165, 1.54) is 31.4 Å². The fourth-order valence-corrected chi connectivity index (χ4v) is 2.44. The Balaban J connectivity index is 2.00. The number of hydrogen-bond acceptors (Lipinski definition) is 2. The summed E-state index contributed by atoms with van der Waals surface area (Å²) in [5.74, 6) is 0.702. The summed E-state index contributed by atoms with van der Waals surface area (Å²) < 4.78 is 43.5. The number of halogens is 3. The molecule has 19 heavy (non-hydrogen) atoms. The first kappa shape index (κ1) is 14.0. The molecule has 0 saturated heterocycles. The zero-order chi connectivity index (χ0) is 13.9. The molecule has 1 aliphatic rings. The third-order valence-electron chi connectivity index (χ3n) is 3.54. The van der Waals surface area contributed by atoms with E-state index < -0.39 is 11.7 Å². The van der Waals surface area contributed by atoms with E-state index in [1.54, 1.807) is 0 Å². The molecule has 1 aromatic carbocycles. The van der Waals surface area contributed by atoms with Gasteiger partial charge in [0, 0.05) is 5.69 Å². The van der Waals surface area contributed by atoms with Gasteiger partial charge >= 0.3 is 6.18 Å². The van der Waals surface area contributed by atoms with Gasteiger partial charge < -0.3 is 10.5 Å². The highest BCUT2D eigenvalue weighted by atomic mass is 19.4. The molecule has 0 bridgehead atoms. The maximum absolute atomic E-state index is 12.7. The van der Waals surface area contributed by atoms with Gasteiger partial charge in [0.2, 0.25) is 0 Å². The Hall–Kier alpha value is -1.39. The summed E-state index contributed by atoms with van der Waals surface area (Å²) in [5.41, 5.74) is 4.25. The van der Waals surface area contributed by atoms with Gasteiger partial charge in [-0.2, -0.15) is 13.2 Å². The molecule has 0 atom stereocenters. The van der Waals surface area contributed by atoms with Crippen LogP contribution >= 0.6 is 0 Å². The molecule has 2 N–H and O–H groups in total. The van der Waals surface area contributed by atoms with Crippen LogP contribution in [0.3, 0.4) is 0 Å². The van der Waals surface area contributed by atoms with Crippen molar-refractivity contribution in [3.63, 3.8) is 0 Å². The van der Waals surface area contributed by atoms with Crippen LogP contribution in [0.15, 0.2) is 18.2 Å². The van der Waals surface area contributed by atoms with Crippen LogP contribution in [0.5, 0.6) is 5.75 Å². The summed E-state index contributed by atoms with van der Waals surface area (Å²) in [6.07, 6.45) is 1.38. The zero-order valence-corrected chi connectivity index (χ0v) is 10.7. The summed E-state index contributed by atoms with van der Waals surface area (Å²) in [6.45, 7) is 0.487. The minimum absolute atomic E-state index is 0.243. The van der Waals surface area contributed by atoms with Gasteiger partial charge in [0.25, 0.3) is 0 Å². The quantitative estimate of drug-likeness (QED) is 0.836. The van der Waals surface area contributed by atoms with Crippen LogP contribution in [0.1, 0.15) is 37.7 Å². The smallest absolute Gasteiger partial charge is 0.418 e. The largest absolute Gasteiger partial charge is 0.493 e. The summed E-state index contributed by atoms with van der Waals surface area (Å²) in [7, 11) is 0. The van der Waals surface area contributed by atoms with Gasteiger partial charge in [-0.3, -0.25) is 0 Å². The monoisotopic (exact) mass is 273 g/mol. The van der Waals surface area contributed by atoms with Crippen LogP contribution in [0.25, 0.3) is 0 Å². The molecule has 106 valence electrons. The molecule has 0 heterocycles. The van der Waals surface area contributed by atoms with Crippen molar-refractivity contribution in [3.05, 3.63) is 23.8 Å². The van der Waals surface area contributed by atoms with Crippen molar-refractivity contribution in [1.29, 1.82) is 0 Å². The lowest BCUT2D eigenvalue weighted by molar-refractivity contribution is -0.137. The Morgan fingerprint density at radius 3 is 2.47 bits per heavy atom. The van der Waals surface area contributed by atoms with Crippen LogP contribution in [-0.4, -0.2) is 6.61 Å². The van der Waals surface area contributed by atoms with Gasteiger partial charge in [0.15, 0.2) is 0 Å². The molecule has 0 aromatic heterocycles. The number of benzene rings is 1. The molecule has 1 fully saturated rings. The van der Waals surface area contributed by atoms with Gasteiger partial charge in [-0.25, -0.2) is 0 Å². The number of nitrogens with two attached hydrogens (primary N) is 1. The maximum Gasteiger partial charge on any atom is 0.418 e. The van der Waals surface area contributed by atoms with Crippen LogP contribution in [0.2, 0.25) is 0 Å². The van der Waals surface area contributed by atoms with Crippen molar-refractivity contribution in [1.82, 2.24) is 0 Å². The van der Waals surface area contributed by atoms with Crippen LogP contribution in [-0.2, 0) is 6.18 Å².